The maximum atomic E-state index is 3.94. The van der Waals surface area contributed by atoms with Crippen LogP contribution in [0.1, 0.15) is 11.1 Å². The molecule has 0 spiro atoms. The van der Waals surface area contributed by atoms with Crippen LogP contribution in [0, 0.1) is 13.8 Å². The first-order chi connectivity index (χ1) is 5.34. The first kappa shape index (κ1) is 12.0. The van der Waals surface area contributed by atoms with Crippen molar-refractivity contribution in [3.63, 3.8) is 0 Å². The molecule has 0 saturated heterocycles. The van der Waals surface area contributed by atoms with Crippen molar-refractivity contribution in [2.45, 2.75) is 6.92 Å². The smallest absolute Gasteiger partial charge is 0 e. The van der Waals surface area contributed by atoms with Crippen molar-refractivity contribution in [1.29, 1.82) is 0 Å². The number of benzene rings is 1. The summed E-state index contributed by atoms with van der Waals surface area (Å²) >= 11 is 0. The van der Waals surface area contributed by atoms with Gasteiger partial charge in [0.2, 0.25) is 0 Å². The maximum absolute atomic E-state index is 3.94. The van der Waals surface area contributed by atoms with E-state index in [0.29, 0.717) is 6.54 Å². The fourth-order valence-electron chi connectivity index (χ4n) is 0.839. The molecule has 1 rings (SSSR count). The Morgan fingerprint density at radius 3 is 2.67 bits per heavy atom. The fraction of sp³-hybridized carbons (Fsp3) is 0.200. The van der Waals surface area contributed by atoms with Gasteiger partial charge < -0.3 is 11.9 Å². The van der Waals surface area contributed by atoms with Crippen molar-refractivity contribution in [3.8, 4) is 0 Å². The molecule has 61 valence electrons. The standard InChI is InChI=1S/C10H11N.Y/c1-3-11-8-10-7-5-4-6-9(10)2;/h4-7H,1,3H2,2H3;/q-2;. The van der Waals surface area contributed by atoms with E-state index in [9.17, 15) is 0 Å². The summed E-state index contributed by atoms with van der Waals surface area (Å²) < 4.78 is 0. The van der Waals surface area contributed by atoms with Gasteiger partial charge in [0.05, 0.1) is 0 Å². The Bertz CT molecular complexity index is 256. The van der Waals surface area contributed by atoms with Gasteiger partial charge in [-0.1, -0.05) is 19.2 Å². The van der Waals surface area contributed by atoms with Crippen molar-refractivity contribution >= 4 is 6.21 Å². The zero-order valence-corrected chi connectivity index (χ0v) is 10.1. The number of hydrogen-bond acceptors (Lipinski definition) is 1. The number of nitrogens with zero attached hydrogens (tertiary/aromatic N) is 1. The van der Waals surface area contributed by atoms with E-state index in [2.05, 4.69) is 18.1 Å². The molecule has 1 aromatic carbocycles. The maximum Gasteiger partial charge on any atom is 0 e. The van der Waals surface area contributed by atoms with Gasteiger partial charge in [-0.05, 0) is 0 Å². The summed E-state index contributed by atoms with van der Waals surface area (Å²) in [7, 11) is 0. The first-order valence-corrected chi connectivity index (χ1v) is 3.62. The van der Waals surface area contributed by atoms with Gasteiger partial charge in [0.1, 0.15) is 0 Å². The molecule has 0 aromatic heterocycles. The van der Waals surface area contributed by atoms with Crippen LogP contribution < -0.4 is 0 Å². The third kappa shape index (κ3) is 3.60. The van der Waals surface area contributed by atoms with Gasteiger partial charge in [-0.15, -0.1) is 18.7 Å². The van der Waals surface area contributed by atoms with Crippen LogP contribution >= 0.6 is 0 Å². The Morgan fingerprint density at radius 2 is 2.08 bits per heavy atom. The monoisotopic (exact) mass is 234 g/mol. The molecule has 12 heavy (non-hydrogen) atoms. The topological polar surface area (TPSA) is 12.4 Å². The Hall–Kier alpha value is -0.00610. The van der Waals surface area contributed by atoms with Gasteiger partial charge in [-0.2, -0.15) is 17.2 Å². The minimum atomic E-state index is 0. The molecule has 0 atom stereocenters. The van der Waals surface area contributed by atoms with Crippen molar-refractivity contribution in [1.82, 2.24) is 0 Å². The van der Waals surface area contributed by atoms with E-state index in [1.165, 1.54) is 5.56 Å². The van der Waals surface area contributed by atoms with Gasteiger partial charge in [0.25, 0.3) is 0 Å². The quantitative estimate of drug-likeness (QED) is 0.549. The second-order valence-electron chi connectivity index (χ2n) is 2.31. The largest absolute Gasteiger partial charge is 0.392 e. The van der Waals surface area contributed by atoms with Gasteiger partial charge in [-0.3, -0.25) is 0 Å². The van der Waals surface area contributed by atoms with Crippen LogP contribution in [0.2, 0.25) is 0 Å². The minimum Gasteiger partial charge on any atom is -0.392 e. The normalized spacial score (nSPS) is 9.83. The van der Waals surface area contributed by atoms with Gasteiger partial charge in [0, 0.05) is 32.7 Å². The van der Waals surface area contributed by atoms with E-state index in [1.807, 2.05) is 31.2 Å². The molecule has 0 unspecified atom stereocenters. The van der Waals surface area contributed by atoms with Crippen LogP contribution in [0.15, 0.2) is 29.3 Å². The van der Waals surface area contributed by atoms with Gasteiger partial charge in [0.15, 0.2) is 0 Å². The van der Waals surface area contributed by atoms with Crippen molar-refractivity contribution in [2.24, 2.45) is 4.99 Å². The van der Waals surface area contributed by atoms with Crippen molar-refractivity contribution in [2.75, 3.05) is 6.54 Å². The van der Waals surface area contributed by atoms with E-state index in [4.69, 9.17) is 0 Å². The number of aliphatic imine (C=N–C) groups is 1. The second-order valence-corrected chi connectivity index (χ2v) is 2.31. The van der Waals surface area contributed by atoms with E-state index in [0.717, 1.165) is 5.56 Å². The van der Waals surface area contributed by atoms with Gasteiger partial charge in [-0.25, -0.2) is 0 Å². The molecule has 1 radical (unpaired) electrons. The van der Waals surface area contributed by atoms with E-state index < -0.39 is 0 Å². The zero-order chi connectivity index (χ0) is 8.10. The first-order valence-electron chi connectivity index (χ1n) is 3.62. The average Bonchev–Trinajstić information content (AvgIpc) is 2.03. The number of aryl methyl sites for hydroxylation is 1. The van der Waals surface area contributed by atoms with Crippen LogP contribution in [0.25, 0.3) is 0 Å². The number of hydrogen-bond donors (Lipinski definition) is 0. The van der Waals surface area contributed by atoms with Crippen LogP contribution in [0.3, 0.4) is 0 Å². The van der Waals surface area contributed by atoms with Gasteiger partial charge >= 0.3 is 0 Å². The van der Waals surface area contributed by atoms with E-state index in [1.54, 1.807) is 0 Å². The molecule has 0 fully saturated rings. The summed E-state index contributed by atoms with van der Waals surface area (Å²) in [5.41, 5.74) is 2.25. The molecule has 0 aliphatic heterocycles. The molecule has 0 heterocycles. The summed E-state index contributed by atoms with van der Waals surface area (Å²) in [5, 5.41) is 0. The molecule has 0 aliphatic carbocycles. The Balaban J connectivity index is 0.00000121. The Morgan fingerprint density at radius 1 is 1.42 bits per heavy atom. The van der Waals surface area contributed by atoms with E-state index >= 15 is 0 Å². The average molecular weight is 234 g/mol. The molecule has 0 saturated carbocycles. The molecular weight excluding hydrogens is 223 g/mol. The zero-order valence-electron chi connectivity index (χ0n) is 7.25. The predicted molar refractivity (Wildman–Crippen MR) is 47.9 cm³/mol. The molecule has 1 aromatic rings. The molecule has 0 bridgehead atoms. The van der Waals surface area contributed by atoms with Crippen LogP contribution in [-0.4, -0.2) is 12.8 Å². The summed E-state index contributed by atoms with van der Waals surface area (Å²) in [5.74, 6) is 0. The van der Waals surface area contributed by atoms with Crippen LogP contribution in [0.4, 0.5) is 0 Å². The molecule has 2 heteroatoms. The SMILES string of the molecule is [CH2-]CN=[C-]c1ccccc1C.[Y]. The predicted octanol–water partition coefficient (Wildman–Crippen LogP) is 2.12. The van der Waals surface area contributed by atoms with Crippen molar-refractivity contribution < 1.29 is 32.7 Å². The summed E-state index contributed by atoms with van der Waals surface area (Å²) in [6.45, 7) is 6.19. The molecule has 0 amide bonds. The number of rotatable bonds is 2. The Labute approximate surface area is 99.2 Å². The third-order valence-electron chi connectivity index (χ3n) is 1.46. The minimum absolute atomic E-state index is 0. The van der Waals surface area contributed by atoms with Crippen molar-refractivity contribution in [3.05, 3.63) is 42.3 Å². The Kier molecular flexibility index (Phi) is 6.50. The third-order valence-corrected chi connectivity index (χ3v) is 1.46. The molecule has 1 nitrogen and oxygen atoms in total. The summed E-state index contributed by atoms with van der Waals surface area (Å²) in [6, 6.07) is 8.02. The second kappa shape index (κ2) is 6.50. The molecule has 0 aliphatic rings. The fourth-order valence-corrected chi connectivity index (χ4v) is 0.839. The summed E-state index contributed by atoms with van der Waals surface area (Å²) in [4.78, 5) is 3.94. The van der Waals surface area contributed by atoms with E-state index in [-0.39, 0.29) is 32.7 Å². The summed E-state index contributed by atoms with van der Waals surface area (Å²) in [6.07, 6.45) is 2.93. The van der Waals surface area contributed by atoms with Crippen LogP contribution in [0.5, 0.6) is 0 Å². The molecular formula is C10H11NY-2. The molecule has 0 N–H and O–H groups in total. The van der Waals surface area contributed by atoms with Crippen LogP contribution in [-0.2, 0) is 32.7 Å².